The molecule has 4 aliphatic carbocycles. The maximum atomic E-state index is 10.5. The van der Waals surface area contributed by atoms with Gasteiger partial charge in [0.05, 0.1) is 11.7 Å². The fourth-order valence-electron chi connectivity index (χ4n) is 8.82. The number of aliphatic hydroxyl groups excluding tert-OH is 2. The van der Waals surface area contributed by atoms with E-state index in [9.17, 15) is 15.3 Å². The fraction of sp³-hybridized carbons (Fsp3) is 0.926. The lowest BCUT2D eigenvalue weighted by Gasteiger charge is -2.58. The third kappa shape index (κ3) is 3.61. The molecule has 3 nitrogen and oxygen atoms in total. The standard InChI is InChI=1S/C27H46O3/c1-17(14-19(16-28)25(2,3)30)22-8-9-23-21-7-6-18-15-20(29)10-12-26(18,4)24(21)11-13-27(22,23)5/h6,17,19-24,28-30H,7-16H2,1-5H3/t17-,19+,20?,21+,22-,23+,24+,26+,27-/m1/s1. The maximum Gasteiger partial charge on any atom is 0.0641 e. The zero-order valence-corrected chi connectivity index (χ0v) is 20.0. The van der Waals surface area contributed by atoms with Gasteiger partial charge >= 0.3 is 0 Å². The molecule has 30 heavy (non-hydrogen) atoms. The van der Waals surface area contributed by atoms with E-state index in [4.69, 9.17) is 0 Å². The minimum atomic E-state index is -0.815. The van der Waals surface area contributed by atoms with Crippen LogP contribution < -0.4 is 0 Å². The molecule has 0 spiro atoms. The molecule has 4 rings (SSSR count). The average Bonchev–Trinajstić information content (AvgIpc) is 3.03. The van der Waals surface area contributed by atoms with Crippen LogP contribution in [-0.4, -0.2) is 33.6 Å². The van der Waals surface area contributed by atoms with E-state index >= 15 is 0 Å². The lowest BCUT2D eigenvalue weighted by molar-refractivity contribution is -0.0651. The van der Waals surface area contributed by atoms with Crippen LogP contribution in [-0.2, 0) is 0 Å². The van der Waals surface area contributed by atoms with Crippen molar-refractivity contribution >= 4 is 0 Å². The van der Waals surface area contributed by atoms with Crippen molar-refractivity contribution in [3.05, 3.63) is 11.6 Å². The summed E-state index contributed by atoms with van der Waals surface area (Å²) in [4.78, 5) is 0. The Morgan fingerprint density at radius 3 is 2.50 bits per heavy atom. The minimum absolute atomic E-state index is 0.0424. The molecule has 172 valence electrons. The summed E-state index contributed by atoms with van der Waals surface area (Å²) in [6.07, 6.45) is 12.9. The average molecular weight is 419 g/mol. The SMILES string of the molecule is C[C@H](C[C@@H](CO)C(C)(C)O)[C@H]1CC[C@H]2[C@@H]3CC=C4CC(O)CC[C@]4(C)[C@H]3CC[C@]12C. The Hall–Kier alpha value is -0.380. The molecule has 9 atom stereocenters. The summed E-state index contributed by atoms with van der Waals surface area (Å²) in [6, 6.07) is 0. The lowest BCUT2D eigenvalue weighted by atomic mass is 9.47. The molecule has 3 heteroatoms. The molecule has 0 amide bonds. The first-order valence-electron chi connectivity index (χ1n) is 12.7. The van der Waals surface area contributed by atoms with Crippen LogP contribution in [0.1, 0.15) is 92.4 Å². The number of allylic oxidation sites excluding steroid dienone is 1. The van der Waals surface area contributed by atoms with Gasteiger partial charge in [-0.1, -0.05) is 32.4 Å². The van der Waals surface area contributed by atoms with Gasteiger partial charge in [0, 0.05) is 12.5 Å². The molecule has 0 saturated heterocycles. The number of hydrogen-bond donors (Lipinski definition) is 3. The van der Waals surface area contributed by atoms with Gasteiger partial charge in [-0.15, -0.1) is 0 Å². The molecule has 1 unspecified atom stereocenters. The van der Waals surface area contributed by atoms with Gasteiger partial charge in [-0.25, -0.2) is 0 Å². The normalized spacial score (nSPS) is 45.7. The predicted octanol–water partition coefficient (Wildman–Crippen LogP) is 5.33. The van der Waals surface area contributed by atoms with E-state index in [0.717, 1.165) is 43.4 Å². The monoisotopic (exact) mass is 418 g/mol. The molecule has 3 fully saturated rings. The first-order chi connectivity index (χ1) is 14.0. The smallest absolute Gasteiger partial charge is 0.0641 e. The molecule has 0 aromatic heterocycles. The summed E-state index contributed by atoms with van der Waals surface area (Å²) in [5.41, 5.74) is 1.46. The Balaban J connectivity index is 1.53. The Morgan fingerprint density at radius 2 is 1.83 bits per heavy atom. The second-order valence-electron chi connectivity index (χ2n) is 12.6. The van der Waals surface area contributed by atoms with Gasteiger partial charge in [0.1, 0.15) is 0 Å². The highest BCUT2D eigenvalue weighted by atomic mass is 16.3. The number of hydrogen-bond acceptors (Lipinski definition) is 3. The Kier molecular flexibility index (Phi) is 5.99. The van der Waals surface area contributed by atoms with Crippen LogP contribution in [0.2, 0.25) is 0 Å². The maximum absolute atomic E-state index is 10.5. The van der Waals surface area contributed by atoms with Gasteiger partial charge in [-0.3, -0.25) is 0 Å². The molecule has 0 bridgehead atoms. The van der Waals surface area contributed by atoms with Gasteiger partial charge in [0.2, 0.25) is 0 Å². The lowest BCUT2D eigenvalue weighted by Crippen LogP contribution is -2.51. The first-order valence-corrected chi connectivity index (χ1v) is 12.7. The van der Waals surface area contributed by atoms with E-state index in [0.29, 0.717) is 22.7 Å². The van der Waals surface area contributed by atoms with Crippen LogP contribution in [0, 0.1) is 46.3 Å². The third-order valence-corrected chi connectivity index (χ3v) is 10.7. The van der Waals surface area contributed by atoms with Crippen LogP contribution in [0.25, 0.3) is 0 Å². The van der Waals surface area contributed by atoms with Crippen LogP contribution in [0.15, 0.2) is 11.6 Å². The second-order valence-corrected chi connectivity index (χ2v) is 12.6. The summed E-state index contributed by atoms with van der Waals surface area (Å²) in [6.45, 7) is 11.2. The van der Waals surface area contributed by atoms with Crippen molar-refractivity contribution in [1.82, 2.24) is 0 Å². The molecule has 0 heterocycles. The van der Waals surface area contributed by atoms with Crippen LogP contribution in [0.3, 0.4) is 0 Å². The van der Waals surface area contributed by atoms with Crippen molar-refractivity contribution in [2.24, 2.45) is 46.3 Å². The first kappa shape index (κ1) is 22.8. The summed E-state index contributed by atoms with van der Waals surface area (Å²) in [5.74, 6) is 3.59. The zero-order chi connectivity index (χ0) is 21.9. The van der Waals surface area contributed by atoms with Crippen molar-refractivity contribution in [3.8, 4) is 0 Å². The van der Waals surface area contributed by atoms with E-state index in [-0.39, 0.29) is 18.6 Å². The summed E-state index contributed by atoms with van der Waals surface area (Å²) < 4.78 is 0. The van der Waals surface area contributed by atoms with Gasteiger partial charge in [0.15, 0.2) is 0 Å². The Morgan fingerprint density at radius 1 is 1.10 bits per heavy atom. The number of aliphatic hydroxyl groups is 3. The molecular weight excluding hydrogens is 372 g/mol. The van der Waals surface area contributed by atoms with E-state index in [2.05, 4.69) is 26.8 Å². The second kappa shape index (κ2) is 7.89. The number of rotatable bonds is 5. The van der Waals surface area contributed by atoms with Crippen molar-refractivity contribution in [3.63, 3.8) is 0 Å². The van der Waals surface area contributed by atoms with Crippen molar-refractivity contribution in [2.45, 2.75) is 104 Å². The van der Waals surface area contributed by atoms with Gasteiger partial charge < -0.3 is 15.3 Å². The highest BCUT2D eigenvalue weighted by Crippen LogP contribution is 2.67. The molecule has 4 aliphatic rings. The molecular formula is C27H46O3. The van der Waals surface area contributed by atoms with Crippen LogP contribution in [0.5, 0.6) is 0 Å². The summed E-state index contributed by atoms with van der Waals surface area (Å²) >= 11 is 0. The molecule has 0 aliphatic heterocycles. The summed E-state index contributed by atoms with van der Waals surface area (Å²) in [7, 11) is 0. The van der Waals surface area contributed by atoms with E-state index in [1.165, 1.54) is 32.1 Å². The largest absolute Gasteiger partial charge is 0.396 e. The molecule has 3 saturated carbocycles. The van der Waals surface area contributed by atoms with E-state index in [1.54, 1.807) is 5.57 Å². The zero-order valence-electron chi connectivity index (χ0n) is 20.0. The molecule has 0 aromatic rings. The molecule has 3 N–H and O–H groups in total. The Bertz CT molecular complexity index is 664. The van der Waals surface area contributed by atoms with Crippen molar-refractivity contribution in [2.75, 3.05) is 6.61 Å². The third-order valence-electron chi connectivity index (χ3n) is 10.7. The van der Waals surface area contributed by atoms with Crippen molar-refractivity contribution < 1.29 is 15.3 Å². The molecule has 0 radical (unpaired) electrons. The predicted molar refractivity (Wildman–Crippen MR) is 122 cm³/mol. The number of fused-ring (bicyclic) bond motifs is 5. The highest BCUT2D eigenvalue weighted by Gasteiger charge is 2.59. The van der Waals surface area contributed by atoms with Crippen LogP contribution in [0.4, 0.5) is 0 Å². The summed E-state index contributed by atoms with van der Waals surface area (Å²) in [5, 5.41) is 30.6. The van der Waals surface area contributed by atoms with Crippen LogP contribution >= 0.6 is 0 Å². The Labute approximate surface area is 184 Å². The van der Waals surface area contributed by atoms with E-state index in [1.807, 2.05) is 13.8 Å². The highest BCUT2D eigenvalue weighted by molar-refractivity contribution is 5.25. The topological polar surface area (TPSA) is 60.7 Å². The minimum Gasteiger partial charge on any atom is -0.396 e. The molecule has 0 aromatic carbocycles. The fourth-order valence-corrected chi connectivity index (χ4v) is 8.82. The van der Waals surface area contributed by atoms with E-state index < -0.39 is 5.60 Å². The van der Waals surface area contributed by atoms with Gasteiger partial charge in [-0.2, -0.15) is 0 Å². The van der Waals surface area contributed by atoms with Gasteiger partial charge in [-0.05, 0) is 112 Å². The van der Waals surface area contributed by atoms with Gasteiger partial charge in [0.25, 0.3) is 0 Å². The van der Waals surface area contributed by atoms with Crippen molar-refractivity contribution in [1.29, 1.82) is 0 Å². The quantitative estimate of drug-likeness (QED) is 0.529.